The molecule has 0 N–H and O–H groups in total. The molecule has 22 heavy (non-hydrogen) atoms. The fourth-order valence-corrected chi connectivity index (χ4v) is 3.16. The zero-order valence-corrected chi connectivity index (χ0v) is 13.6. The highest BCUT2D eigenvalue weighted by molar-refractivity contribution is 7.09. The SMILES string of the molecule is COc1cccc(-n2cc(CN(C)Cc3cccs3)cn2)c1. The predicted molar refractivity (Wildman–Crippen MR) is 89.6 cm³/mol. The van der Waals surface area contributed by atoms with Gasteiger partial charge in [-0.3, -0.25) is 4.90 Å². The minimum Gasteiger partial charge on any atom is -0.497 e. The second-order valence-electron chi connectivity index (χ2n) is 5.25. The van der Waals surface area contributed by atoms with Crippen molar-refractivity contribution >= 4 is 11.3 Å². The Kier molecular flexibility index (Phi) is 4.56. The first-order chi connectivity index (χ1) is 10.7. The van der Waals surface area contributed by atoms with Crippen LogP contribution in [0.3, 0.4) is 0 Å². The van der Waals surface area contributed by atoms with E-state index in [1.807, 2.05) is 35.1 Å². The monoisotopic (exact) mass is 313 g/mol. The molecule has 0 spiro atoms. The van der Waals surface area contributed by atoms with Gasteiger partial charge in [0.1, 0.15) is 5.75 Å². The normalized spacial score (nSPS) is 11.0. The van der Waals surface area contributed by atoms with Gasteiger partial charge in [0, 0.05) is 35.8 Å². The fraction of sp³-hybridized carbons (Fsp3) is 0.235. The summed E-state index contributed by atoms with van der Waals surface area (Å²) in [7, 11) is 3.80. The van der Waals surface area contributed by atoms with Crippen LogP contribution in [0.4, 0.5) is 0 Å². The lowest BCUT2D eigenvalue weighted by molar-refractivity contribution is 0.322. The molecule has 0 aliphatic carbocycles. The molecule has 3 aromatic rings. The molecule has 2 aromatic heterocycles. The lowest BCUT2D eigenvalue weighted by Gasteiger charge is -2.14. The van der Waals surface area contributed by atoms with Crippen LogP contribution in [0.15, 0.2) is 54.2 Å². The first-order valence-corrected chi connectivity index (χ1v) is 8.01. The number of aromatic nitrogens is 2. The molecule has 0 aliphatic rings. The Morgan fingerprint density at radius 1 is 1.23 bits per heavy atom. The molecule has 4 nitrogen and oxygen atoms in total. The summed E-state index contributed by atoms with van der Waals surface area (Å²) in [6.45, 7) is 1.84. The molecular weight excluding hydrogens is 294 g/mol. The molecule has 0 atom stereocenters. The molecule has 114 valence electrons. The van der Waals surface area contributed by atoms with Crippen LogP contribution in [0, 0.1) is 0 Å². The van der Waals surface area contributed by atoms with Gasteiger partial charge in [-0.1, -0.05) is 12.1 Å². The maximum atomic E-state index is 5.26. The first-order valence-electron chi connectivity index (χ1n) is 7.13. The van der Waals surface area contributed by atoms with Crippen molar-refractivity contribution in [2.75, 3.05) is 14.2 Å². The van der Waals surface area contributed by atoms with Crippen molar-refractivity contribution in [3.8, 4) is 11.4 Å². The number of ether oxygens (including phenoxy) is 1. The Balaban J connectivity index is 1.68. The summed E-state index contributed by atoms with van der Waals surface area (Å²) in [6, 6.07) is 12.2. The quantitative estimate of drug-likeness (QED) is 0.697. The Bertz CT molecular complexity index is 721. The van der Waals surface area contributed by atoms with E-state index < -0.39 is 0 Å². The van der Waals surface area contributed by atoms with Crippen LogP contribution in [0.1, 0.15) is 10.4 Å². The van der Waals surface area contributed by atoms with E-state index in [0.717, 1.165) is 24.5 Å². The van der Waals surface area contributed by atoms with Gasteiger partial charge in [-0.05, 0) is 30.6 Å². The molecule has 3 rings (SSSR count). The van der Waals surface area contributed by atoms with Crippen molar-refractivity contribution in [1.82, 2.24) is 14.7 Å². The Morgan fingerprint density at radius 3 is 2.91 bits per heavy atom. The van der Waals surface area contributed by atoms with Crippen LogP contribution in [-0.4, -0.2) is 28.8 Å². The number of hydrogen-bond donors (Lipinski definition) is 0. The van der Waals surface area contributed by atoms with E-state index in [2.05, 4.69) is 40.8 Å². The molecule has 0 radical (unpaired) electrons. The van der Waals surface area contributed by atoms with Gasteiger partial charge in [0.05, 0.1) is 19.0 Å². The van der Waals surface area contributed by atoms with E-state index in [-0.39, 0.29) is 0 Å². The van der Waals surface area contributed by atoms with E-state index in [4.69, 9.17) is 4.74 Å². The van der Waals surface area contributed by atoms with E-state index >= 15 is 0 Å². The van der Waals surface area contributed by atoms with Crippen LogP contribution in [0.5, 0.6) is 5.75 Å². The molecular formula is C17H19N3OS. The van der Waals surface area contributed by atoms with Crippen molar-refractivity contribution in [3.05, 3.63) is 64.6 Å². The standard InChI is InChI=1S/C17H19N3OS/c1-19(13-17-7-4-8-22-17)11-14-10-18-20(12-14)15-5-3-6-16(9-15)21-2/h3-10,12H,11,13H2,1-2H3. The lowest BCUT2D eigenvalue weighted by atomic mass is 10.3. The molecule has 2 heterocycles. The third-order valence-corrected chi connectivity index (χ3v) is 4.27. The zero-order chi connectivity index (χ0) is 15.4. The molecule has 0 saturated carbocycles. The summed E-state index contributed by atoms with van der Waals surface area (Å²) < 4.78 is 7.14. The summed E-state index contributed by atoms with van der Waals surface area (Å²) in [5.74, 6) is 0.837. The highest BCUT2D eigenvalue weighted by atomic mass is 32.1. The van der Waals surface area contributed by atoms with Crippen molar-refractivity contribution in [1.29, 1.82) is 0 Å². The fourth-order valence-electron chi connectivity index (χ4n) is 2.37. The van der Waals surface area contributed by atoms with Gasteiger partial charge in [-0.2, -0.15) is 5.10 Å². The number of hydrogen-bond acceptors (Lipinski definition) is 4. The van der Waals surface area contributed by atoms with Crippen LogP contribution in [0.25, 0.3) is 5.69 Å². The molecule has 1 aromatic carbocycles. The maximum absolute atomic E-state index is 5.26. The first kappa shape index (κ1) is 14.8. The number of nitrogens with zero attached hydrogens (tertiary/aromatic N) is 3. The summed E-state index contributed by atoms with van der Waals surface area (Å²) in [5, 5.41) is 6.56. The molecule has 0 unspecified atom stereocenters. The van der Waals surface area contributed by atoms with Gasteiger partial charge in [0.2, 0.25) is 0 Å². The maximum Gasteiger partial charge on any atom is 0.121 e. The van der Waals surface area contributed by atoms with Crippen LogP contribution in [-0.2, 0) is 13.1 Å². The van der Waals surface area contributed by atoms with Crippen LogP contribution >= 0.6 is 11.3 Å². The minimum absolute atomic E-state index is 0.837. The average molecular weight is 313 g/mol. The van der Waals surface area contributed by atoms with Gasteiger partial charge in [0.15, 0.2) is 0 Å². The van der Waals surface area contributed by atoms with E-state index in [9.17, 15) is 0 Å². The molecule has 0 fully saturated rings. The van der Waals surface area contributed by atoms with Gasteiger partial charge in [-0.15, -0.1) is 11.3 Å². The summed E-state index contributed by atoms with van der Waals surface area (Å²) in [4.78, 5) is 3.67. The minimum atomic E-state index is 0.837. The molecule has 0 bridgehead atoms. The van der Waals surface area contributed by atoms with E-state index in [0.29, 0.717) is 0 Å². The van der Waals surface area contributed by atoms with Gasteiger partial charge >= 0.3 is 0 Å². The van der Waals surface area contributed by atoms with E-state index in [1.54, 1.807) is 18.4 Å². The number of methoxy groups -OCH3 is 1. The third-order valence-electron chi connectivity index (χ3n) is 3.41. The number of thiophene rings is 1. The summed E-state index contributed by atoms with van der Waals surface area (Å²) in [5.41, 5.74) is 2.20. The lowest BCUT2D eigenvalue weighted by Crippen LogP contribution is -2.16. The number of rotatable bonds is 6. The van der Waals surface area contributed by atoms with Gasteiger partial charge in [-0.25, -0.2) is 4.68 Å². The number of benzene rings is 1. The molecule has 0 aliphatic heterocycles. The Hall–Kier alpha value is -2.11. The van der Waals surface area contributed by atoms with Crippen molar-refractivity contribution in [3.63, 3.8) is 0 Å². The Labute approximate surface area is 134 Å². The smallest absolute Gasteiger partial charge is 0.121 e. The van der Waals surface area contributed by atoms with E-state index in [1.165, 1.54) is 10.4 Å². The van der Waals surface area contributed by atoms with Crippen LogP contribution in [0.2, 0.25) is 0 Å². The zero-order valence-electron chi connectivity index (χ0n) is 12.8. The molecule has 5 heteroatoms. The van der Waals surface area contributed by atoms with Crippen LogP contribution < -0.4 is 4.74 Å². The Morgan fingerprint density at radius 2 is 2.14 bits per heavy atom. The summed E-state index contributed by atoms with van der Waals surface area (Å²) >= 11 is 1.79. The van der Waals surface area contributed by atoms with Gasteiger partial charge < -0.3 is 4.74 Å². The highest BCUT2D eigenvalue weighted by Crippen LogP contribution is 2.17. The third kappa shape index (κ3) is 3.55. The highest BCUT2D eigenvalue weighted by Gasteiger charge is 2.06. The average Bonchev–Trinajstić information content (AvgIpc) is 3.19. The van der Waals surface area contributed by atoms with Crippen molar-refractivity contribution in [2.24, 2.45) is 0 Å². The second kappa shape index (κ2) is 6.77. The molecule has 0 saturated heterocycles. The van der Waals surface area contributed by atoms with Crippen molar-refractivity contribution in [2.45, 2.75) is 13.1 Å². The summed E-state index contributed by atoms with van der Waals surface area (Å²) in [6.07, 6.45) is 3.99. The predicted octanol–water partition coefficient (Wildman–Crippen LogP) is 3.57. The second-order valence-corrected chi connectivity index (χ2v) is 6.28. The molecule has 0 amide bonds. The van der Waals surface area contributed by atoms with Gasteiger partial charge in [0.25, 0.3) is 0 Å². The topological polar surface area (TPSA) is 30.3 Å². The largest absolute Gasteiger partial charge is 0.497 e. The van der Waals surface area contributed by atoms with Crippen molar-refractivity contribution < 1.29 is 4.74 Å².